The van der Waals surface area contributed by atoms with Gasteiger partial charge in [-0.1, -0.05) is 27.7 Å². The third-order valence-electron chi connectivity index (χ3n) is 3.96. The Morgan fingerprint density at radius 1 is 1.10 bits per heavy atom. The largest absolute Gasteiger partial charge is 0.365 e. The molecule has 0 saturated heterocycles. The lowest BCUT2D eigenvalue weighted by Gasteiger charge is -2.45. The van der Waals surface area contributed by atoms with E-state index in [0.717, 1.165) is 25.3 Å². The highest BCUT2D eigenvalue weighted by Gasteiger charge is 2.38. The zero-order chi connectivity index (χ0) is 15.8. The molecule has 0 aromatic carbocycles. The van der Waals surface area contributed by atoms with Crippen molar-refractivity contribution in [2.45, 2.75) is 53.0 Å². The average molecular weight is 298 g/mol. The summed E-state index contributed by atoms with van der Waals surface area (Å²) in [6.45, 7) is 8.85. The molecule has 1 aliphatic rings. The summed E-state index contributed by atoms with van der Waals surface area (Å²) in [4.78, 5) is 3.88. The Hall–Kier alpha value is -1.43. The van der Waals surface area contributed by atoms with Gasteiger partial charge in [0.2, 0.25) is 0 Å². The number of hydrazine groups is 1. The lowest BCUT2D eigenvalue weighted by atomic mass is 9.63. The van der Waals surface area contributed by atoms with Gasteiger partial charge in [0.05, 0.1) is 0 Å². The van der Waals surface area contributed by atoms with Crippen molar-refractivity contribution in [1.29, 1.82) is 0 Å². The quantitative estimate of drug-likeness (QED) is 0.588. The zero-order valence-corrected chi connectivity index (χ0v) is 13.1. The average Bonchev–Trinajstić information content (AvgIpc) is 2.28. The molecule has 2 rings (SSSR count). The SMILES string of the molecule is CC1(C)CC(Nc2nc(NN)c(F)cc2F)CC(C)(C)C1. The first-order chi connectivity index (χ1) is 9.62. The number of aromatic nitrogens is 1. The van der Waals surface area contributed by atoms with Gasteiger partial charge in [0.25, 0.3) is 0 Å². The highest BCUT2D eigenvalue weighted by Crippen LogP contribution is 2.46. The molecule has 118 valence electrons. The molecule has 1 fully saturated rings. The van der Waals surface area contributed by atoms with E-state index < -0.39 is 11.6 Å². The molecule has 0 bridgehead atoms. The summed E-state index contributed by atoms with van der Waals surface area (Å²) in [7, 11) is 0. The van der Waals surface area contributed by atoms with E-state index in [9.17, 15) is 8.78 Å². The van der Waals surface area contributed by atoms with Gasteiger partial charge in [-0.05, 0) is 30.1 Å². The van der Waals surface area contributed by atoms with Crippen molar-refractivity contribution in [2.24, 2.45) is 16.7 Å². The van der Waals surface area contributed by atoms with E-state index >= 15 is 0 Å². The summed E-state index contributed by atoms with van der Waals surface area (Å²) in [5, 5.41) is 3.11. The van der Waals surface area contributed by atoms with Crippen LogP contribution in [0.2, 0.25) is 0 Å². The van der Waals surface area contributed by atoms with Crippen molar-refractivity contribution in [3.63, 3.8) is 0 Å². The van der Waals surface area contributed by atoms with Crippen LogP contribution in [-0.2, 0) is 0 Å². The highest BCUT2D eigenvalue weighted by molar-refractivity contribution is 5.47. The second kappa shape index (κ2) is 5.40. The molecule has 0 atom stereocenters. The van der Waals surface area contributed by atoms with Crippen LogP contribution in [0.25, 0.3) is 0 Å². The van der Waals surface area contributed by atoms with Crippen molar-refractivity contribution in [1.82, 2.24) is 4.98 Å². The Bertz CT molecular complexity index is 513. The number of hydrogen-bond acceptors (Lipinski definition) is 4. The Morgan fingerprint density at radius 2 is 1.62 bits per heavy atom. The van der Waals surface area contributed by atoms with Crippen molar-refractivity contribution >= 4 is 11.6 Å². The van der Waals surface area contributed by atoms with E-state index in [1.54, 1.807) is 0 Å². The molecular weight excluding hydrogens is 274 g/mol. The zero-order valence-electron chi connectivity index (χ0n) is 13.1. The minimum Gasteiger partial charge on any atom is -0.365 e. The maximum atomic E-state index is 13.9. The first-order valence-electron chi connectivity index (χ1n) is 7.21. The lowest BCUT2D eigenvalue weighted by molar-refractivity contribution is 0.105. The fourth-order valence-corrected chi connectivity index (χ4v) is 3.81. The van der Waals surface area contributed by atoms with Gasteiger partial charge in [-0.2, -0.15) is 0 Å². The summed E-state index contributed by atoms with van der Waals surface area (Å²) < 4.78 is 27.3. The maximum Gasteiger partial charge on any atom is 0.178 e. The number of nitrogens with zero attached hydrogens (tertiary/aromatic N) is 1. The number of nitrogens with two attached hydrogens (primary N) is 1. The predicted molar refractivity (Wildman–Crippen MR) is 80.8 cm³/mol. The first kappa shape index (κ1) is 15.9. The van der Waals surface area contributed by atoms with Crippen molar-refractivity contribution in [3.05, 3.63) is 17.7 Å². The second-order valence-electron chi connectivity index (χ2n) is 7.55. The van der Waals surface area contributed by atoms with Gasteiger partial charge in [-0.3, -0.25) is 0 Å². The molecule has 4 N–H and O–H groups in total. The van der Waals surface area contributed by atoms with Crippen LogP contribution in [0.15, 0.2) is 6.07 Å². The lowest BCUT2D eigenvalue weighted by Crippen LogP contribution is -2.40. The van der Waals surface area contributed by atoms with E-state index in [0.29, 0.717) is 0 Å². The summed E-state index contributed by atoms with van der Waals surface area (Å²) in [5.74, 6) is 3.57. The summed E-state index contributed by atoms with van der Waals surface area (Å²) in [5.41, 5.74) is 2.48. The number of hydrogen-bond donors (Lipinski definition) is 3. The van der Waals surface area contributed by atoms with Crippen LogP contribution in [0.3, 0.4) is 0 Å². The van der Waals surface area contributed by atoms with Crippen LogP contribution in [0.4, 0.5) is 20.4 Å². The van der Waals surface area contributed by atoms with Crippen molar-refractivity contribution in [2.75, 3.05) is 10.7 Å². The second-order valence-corrected chi connectivity index (χ2v) is 7.55. The van der Waals surface area contributed by atoms with Gasteiger partial charge in [0, 0.05) is 12.1 Å². The third-order valence-corrected chi connectivity index (χ3v) is 3.96. The van der Waals surface area contributed by atoms with E-state index in [1.807, 2.05) is 0 Å². The Labute approximate surface area is 124 Å². The molecule has 21 heavy (non-hydrogen) atoms. The number of anilines is 2. The molecule has 0 unspecified atom stereocenters. The minimum atomic E-state index is -0.801. The highest BCUT2D eigenvalue weighted by atomic mass is 19.1. The molecule has 0 spiro atoms. The number of halogens is 2. The van der Waals surface area contributed by atoms with Crippen LogP contribution in [0.1, 0.15) is 47.0 Å². The molecule has 1 aromatic heterocycles. The number of pyridine rings is 1. The van der Waals surface area contributed by atoms with Gasteiger partial charge in [-0.15, -0.1) is 0 Å². The molecular formula is C15H24F2N4. The Balaban J connectivity index is 2.21. The standard InChI is InChI=1S/C15H24F2N4/c1-14(2)6-9(7-15(3,4)8-14)19-12-10(16)5-11(17)13(20-12)21-18/h5,9H,6-8,18H2,1-4H3,(H2,19,20,21). The molecule has 0 aliphatic heterocycles. The number of nitrogens with one attached hydrogen (secondary N) is 2. The third kappa shape index (κ3) is 3.81. The summed E-state index contributed by atoms with van der Waals surface area (Å²) >= 11 is 0. The van der Waals surface area contributed by atoms with E-state index in [-0.39, 0.29) is 28.5 Å². The van der Waals surface area contributed by atoms with Gasteiger partial charge < -0.3 is 10.7 Å². The van der Waals surface area contributed by atoms with Crippen LogP contribution in [0.5, 0.6) is 0 Å². The molecule has 1 aromatic rings. The van der Waals surface area contributed by atoms with Crippen LogP contribution in [-0.4, -0.2) is 11.0 Å². The van der Waals surface area contributed by atoms with Crippen molar-refractivity contribution < 1.29 is 8.78 Å². The first-order valence-corrected chi connectivity index (χ1v) is 7.21. The fraction of sp³-hybridized carbons (Fsp3) is 0.667. The molecule has 1 aliphatic carbocycles. The molecule has 0 amide bonds. The topological polar surface area (TPSA) is 63.0 Å². The van der Waals surface area contributed by atoms with E-state index in [2.05, 4.69) is 43.4 Å². The van der Waals surface area contributed by atoms with Crippen LogP contribution >= 0.6 is 0 Å². The summed E-state index contributed by atoms with van der Waals surface area (Å²) in [6, 6.07) is 0.894. The van der Waals surface area contributed by atoms with E-state index in [4.69, 9.17) is 5.84 Å². The Morgan fingerprint density at radius 3 is 2.14 bits per heavy atom. The fourth-order valence-electron chi connectivity index (χ4n) is 3.81. The van der Waals surface area contributed by atoms with Crippen LogP contribution in [0, 0.1) is 22.5 Å². The smallest absolute Gasteiger partial charge is 0.178 e. The monoisotopic (exact) mass is 298 g/mol. The predicted octanol–water partition coefficient (Wildman–Crippen LogP) is 3.66. The number of rotatable bonds is 3. The molecule has 1 heterocycles. The van der Waals surface area contributed by atoms with Crippen molar-refractivity contribution in [3.8, 4) is 0 Å². The minimum absolute atomic E-state index is 0.0443. The summed E-state index contributed by atoms with van der Waals surface area (Å²) in [6.07, 6.45) is 2.95. The van der Waals surface area contributed by atoms with Gasteiger partial charge in [-0.25, -0.2) is 19.6 Å². The van der Waals surface area contributed by atoms with Gasteiger partial charge in [0.1, 0.15) is 0 Å². The molecule has 0 radical (unpaired) electrons. The van der Waals surface area contributed by atoms with E-state index in [1.165, 1.54) is 0 Å². The molecule has 1 saturated carbocycles. The maximum absolute atomic E-state index is 13.9. The van der Waals surface area contributed by atoms with Gasteiger partial charge >= 0.3 is 0 Å². The van der Waals surface area contributed by atoms with Gasteiger partial charge in [0.15, 0.2) is 23.3 Å². The molecule has 6 heteroatoms. The van der Waals surface area contributed by atoms with Crippen LogP contribution < -0.4 is 16.6 Å². The Kier molecular flexibility index (Phi) is 4.10. The number of nitrogen functional groups attached to an aromatic ring is 1. The normalized spacial score (nSPS) is 21.1. The molecule has 4 nitrogen and oxygen atoms in total.